The van der Waals surface area contributed by atoms with Gasteiger partial charge in [0.05, 0.1) is 24.7 Å². The van der Waals surface area contributed by atoms with Gasteiger partial charge in [-0.25, -0.2) is 5.43 Å². The van der Waals surface area contributed by atoms with Crippen molar-refractivity contribution >= 4 is 17.8 Å². The van der Waals surface area contributed by atoms with Crippen LogP contribution >= 0.6 is 0 Å². The number of nitro benzene ring substituents is 1. The number of phenolic OH excluding ortho intramolecular Hbond substituents is 1. The van der Waals surface area contributed by atoms with Crippen molar-refractivity contribution in [2.75, 3.05) is 7.11 Å². The average molecular weight is 385 g/mol. The van der Waals surface area contributed by atoms with Crippen LogP contribution in [0.4, 0.5) is 5.69 Å². The fourth-order valence-electron chi connectivity index (χ4n) is 2.51. The largest absolute Gasteiger partial charge is 0.500 e. The predicted molar refractivity (Wildman–Crippen MR) is 106 cm³/mol. The van der Waals surface area contributed by atoms with Crippen molar-refractivity contribution in [1.82, 2.24) is 5.43 Å². The van der Waals surface area contributed by atoms with E-state index in [1.54, 1.807) is 0 Å². The van der Waals surface area contributed by atoms with Gasteiger partial charge in [0, 0.05) is 11.6 Å². The van der Waals surface area contributed by atoms with Gasteiger partial charge in [0.25, 0.3) is 0 Å². The number of aromatic hydroxyl groups is 1. The molecule has 0 fully saturated rings. The van der Waals surface area contributed by atoms with Crippen molar-refractivity contribution < 1.29 is 19.6 Å². The number of carbonyl (C=O) groups is 1. The summed E-state index contributed by atoms with van der Waals surface area (Å²) < 4.78 is 4.91. The molecule has 8 heteroatoms. The van der Waals surface area contributed by atoms with E-state index < -0.39 is 16.4 Å². The van der Waals surface area contributed by atoms with E-state index in [1.807, 2.05) is 24.3 Å². The highest BCUT2D eigenvalue weighted by molar-refractivity contribution is 5.85. The van der Waals surface area contributed by atoms with Gasteiger partial charge in [-0.2, -0.15) is 5.10 Å². The van der Waals surface area contributed by atoms with Gasteiger partial charge < -0.3 is 9.84 Å². The monoisotopic (exact) mass is 385 g/mol. The second kappa shape index (κ2) is 8.51. The molecule has 0 aromatic heterocycles. The van der Waals surface area contributed by atoms with Crippen LogP contribution in [0.1, 0.15) is 37.5 Å². The summed E-state index contributed by atoms with van der Waals surface area (Å²) in [6, 6.07) is 10.3. The minimum absolute atomic E-state index is 0.0405. The molecule has 0 bridgehead atoms. The molecular weight excluding hydrogens is 362 g/mol. The number of phenols is 1. The minimum atomic E-state index is -0.727. The van der Waals surface area contributed by atoms with Gasteiger partial charge in [-0.3, -0.25) is 14.9 Å². The Balaban J connectivity index is 2.03. The van der Waals surface area contributed by atoms with Crippen LogP contribution in [0.5, 0.6) is 11.5 Å². The van der Waals surface area contributed by atoms with E-state index in [1.165, 1.54) is 25.0 Å². The Labute approximate surface area is 163 Å². The smallest absolute Gasteiger partial charge is 0.315 e. The molecule has 2 aromatic rings. The number of carbonyl (C=O) groups excluding carboxylic acids is 1. The fraction of sp³-hybridized carbons (Fsp3) is 0.300. The molecule has 0 spiro atoms. The van der Waals surface area contributed by atoms with E-state index in [0.717, 1.165) is 11.6 Å². The summed E-state index contributed by atoms with van der Waals surface area (Å²) >= 11 is 0. The standard InChI is InChI=1S/C20H23N3O5/c1-20(2,3)15-7-5-13(6-8-15)11-18(24)22-21-12-14-9-16(23(26)27)19(25)17(10-14)28-4/h5-10,12,25H,11H2,1-4H3,(H,22,24)/b21-12-. The highest BCUT2D eigenvalue weighted by Gasteiger charge is 2.19. The molecule has 0 aliphatic rings. The number of hydrogen-bond acceptors (Lipinski definition) is 6. The Morgan fingerprint density at radius 2 is 1.93 bits per heavy atom. The lowest BCUT2D eigenvalue weighted by atomic mass is 9.86. The summed E-state index contributed by atoms with van der Waals surface area (Å²) in [5.74, 6) is -0.937. The van der Waals surface area contributed by atoms with E-state index in [4.69, 9.17) is 4.74 Å². The normalized spacial score (nSPS) is 11.4. The maximum atomic E-state index is 12.0. The lowest BCUT2D eigenvalue weighted by molar-refractivity contribution is -0.386. The number of ether oxygens (including phenoxy) is 1. The van der Waals surface area contributed by atoms with Gasteiger partial charge in [-0.1, -0.05) is 45.0 Å². The summed E-state index contributed by atoms with van der Waals surface area (Å²) in [4.78, 5) is 22.3. The molecule has 0 heterocycles. The lowest BCUT2D eigenvalue weighted by Crippen LogP contribution is -2.20. The van der Waals surface area contributed by atoms with Crippen LogP contribution in [0.3, 0.4) is 0 Å². The summed E-state index contributed by atoms with van der Waals surface area (Å²) in [6.45, 7) is 6.35. The Hall–Kier alpha value is -3.42. The van der Waals surface area contributed by atoms with Crippen LogP contribution in [0.15, 0.2) is 41.5 Å². The Morgan fingerprint density at radius 1 is 1.29 bits per heavy atom. The molecule has 0 radical (unpaired) electrons. The Bertz CT molecular complexity index is 899. The topological polar surface area (TPSA) is 114 Å². The van der Waals surface area contributed by atoms with Crippen molar-refractivity contribution in [3.63, 3.8) is 0 Å². The van der Waals surface area contributed by atoms with Gasteiger partial charge in [0.1, 0.15) is 0 Å². The first-order valence-corrected chi connectivity index (χ1v) is 8.58. The minimum Gasteiger partial charge on any atom is -0.500 e. The molecule has 28 heavy (non-hydrogen) atoms. The quantitative estimate of drug-likeness (QED) is 0.450. The van der Waals surface area contributed by atoms with Crippen molar-refractivity contribution in [3.05, 3.63) is 63.2 Å². The predicted octanol–water partition coefficient (Wildman–Crippen LogP) is 3.30. The molecule has 1 amide bonds. The van der Waals surface area contributed by atoms with Crippen LogP contribution in [0.25, 0.3) is 0 Å². The molecule has 8 nitrogen and oxygen atoms in total. The van der Waals surface area contributed by atoms with Crippen LogP contribution in [0.2, 0.25) is 0 Å². The third-order valence-corrected chi connectivity index (χ3v) is 4.08. The number of benzene rings is 2. The van der Waals surface area contributed by atoms with E-state index in [9.17, 15) is 20.0 Å². The zero-order valence-electron chi connectivity index (χ0n) is 16.2. The Morgan fingerprint density at radius 3 is 2.46 bits per heavy atom. The molecule has 148 valence electrons. The Kier molecular flexibility index (Phi) is 6.35. The van der Waals surface area contributed by atoms with Crippen LogP contribution < -0.4 is 10.2 Å². The number of hydrazone groups is 1. The summed E-state index contributed by atoms with van der Waals surface area (Å²) in [5, 5.41) is 24.6. The zero-order chi connectivity index (χ0) is 20.9. The maximum absolute atomic E-state index is 12.0. The maximum Gasteiger partial charge on any atom is 0.315 e. The van der Waals surface area contributed by atoms with Gasteiger partial charge in [-0.15, -0.1) is 0 Å². The van der Waals surface area contributed by atoms with Gasteiger partial charge in [-0.05, 0) is 22.6 Å². The molecule has 0 atom stereocenters. The molecular formula is C20H23N3O5. The van der Waals surface area contributed by atoms with E-state index in [2.05, 4.69) is 31.3 Å². The number of methoxy groups -OCH3 is 1. The summed E-state index contributed by atoms with van der Waals surface area (Å²) in [6.07, 6.45) is 1.40. The lowest BCUT2D eigenvalue weighted by Gasteiger charge is -2.19. The molecule has 2 rings (SSSR count). The van der Waals surface area contributed by atoms with E-state index >= 15 is 0 Å². The first-order valence-electron chi connectivity index (χ1n) is 8.58. The molecule has 0 unspecified atom stereocenters. The SMILES string of the molecule is COc1cc(/C=N\NC(=O)Cc2ccc(C(C)(C)C)cc2)cc([N+](=O)[O-])c1O. The number of amides is 1. The van der Waals surface area contributed by atoms with Gasteiger partial charge >= 0.3 is 5.69 Å². The van der Waals surface area contributed by atoms with Crippen molar-refractivity contribution in [2.45, 2.75) is 32.6 Å². The first-order chi connectivity index (χ1) is 13.1. The van der Waals surface area contributed by atoms with Crippen LogP contribution in [0, 0.1) is 10.1 Å². The molecule has 0 saturated heterocycles. The van der Waals surface area contributed by atoms with E-state index in [0.29, 0.717) is 5.56 Å². The van der Waals surface area contributed by atoms with Gasteiger partial charge in [0.2, 0.25) is 11.7 Å². The number of nitrogens with one attached hydrogen (secondary N) is 1. The van der Waals surface area contributed by atoms with Crippen LogP contribution in [-0.4, -0.2) is 29.3 Å². The second-order valence-electron chi connectivity index (χ2n) is 7.26. The fourth-order valence-corrected chi connectivity index (χ4v) is 2.51. The highest BCUT2D eigenvalue weighted by Crippen LogP contribution is 2.36. The highest BCUT2D eigenvalue weighted by atomic mass is 16.6. The number of hydrogen-bond donors (Lipinski definition) is 2. The zero-order valence-corrected chi connectivity index (χ0v) is 16.2. The van der Waals surface area contributed by atoms with Crippen molar-refractivity contribution in [1.29, 1.82) is 0 Å². The number of nitro groups is 1. The number of rotatable bonds is 6. The van der Waals surface area contributed by atoms with Crippen molar-refractivity contribution in [2.24, 2.45) is 5.10 Å². The van der Waals surface area contributed by atoms with Gasteiger partial charge in [0.15, 0.2) is 5.75 Å². The third-order valence-electron chi connectivity index (χ3n) is 4.08. The molecule has 2 N–H and O–H groups in total. The van der Waals surface area contributed by atoms with E-state index in [-0.39, 0.29) is 23.5 Å². The van der Waals surface area contributed by atoms with Crippen molar-refractivity contribution in [3.8, 4) is 11.5 Å². The molecule has 0 aliphatic heterocycles. The molecule has 0 aliphatic carbocycles. The summed E-state index contributed by atoms with van der Waals surface area (Å²) in [7, 11) is 1.28. The average Bonchev–Trinajstić information content (AvgIpc) is 2.62. The van der Waals surface area contributed by atoms with Crippen LogP contribution in [-0.2, 0) is 16.6 Å². The second-order valence-corrected chi connectivity index (χ2v) is 7.26. The summed E-state index contributed by atoms with van der Waals surface area (Å²) in [5.41, 5.74) is 4.24. The number of nitrogens with zero attached hydrogens (tertiary/aromatic N) is 2. The molecule has 0 saturated carbocycles. The molecule has 2 aromatic carbocycles. The first kappa shape index (κ1) is 20.9. The third kappa shape index (κ3) is 5.29.